The summed E-state index contributed by atoms with van der Waals surface area (Å²) in [5.74, 6) is -4.04. The van der Waals surface area contributed by atoms with Crippen LogP contribution in [0.3, 0.4) is 0 Å². The first-order valence-electron chi connectivity index (χ1n) is 9.32. The molecule has 0 amide bonds. The van der Waals surface area contributed by atoms with Gasteiger partial charge < -0.3 is 39.0 Å². The van der Waals surface area contributed by atoms with Gasteiger partial charge in [-0.1, -0.05) is 6.92 Å². The Morgan fingerprint density at radius 3 is 1.60 bits per heavy atom. The summed E-state index contributed by atoms with van der Waals surface area (Å²) >= 11 is 0. The average molecular weight is 438 g/mol. The van der Waals surface area contributed by atoms with Gasteiger partial charge in [-0.15, -0.1) is 0 Å². The normalized spacial score (nSPS) is 16.9. The Labute approximate surface area is 174 Å². The second-order valence-electron chi connectivity index (χ2n) is 6.40. The van der Waals surface area contributed by atoms with Crippen molar-refractivity contribution in [1.82, 2.24) is 0 Å². The van der Waals surface area contributed by atoms with E-state index in [0.717, 1.165) is 13.8 Å². The molecule has 174 valence electrons. The standard InChI is InChI=1S/C18H30O12/c1-6-14(21)26-7-13(30-18(25)12(5)29-16(23)10(3)20)8-27-17(24)11(4)28-15(22)9(2)19/h9-14,19-21H,6-8H2,1-5H3/t9-,10-,11+,12+,13?,14?/m1/s1. The third kappa shape index (κ3) is 11.0. The lowest BCUT2D eigenvalue weighted by Crippen LogP contribution is -2.38. The highest BCUT2D eigenvalue weighted by molar-refractivity contribution is 5.81. The first-order chi connectivity index (χ1) is 13.9. The minimum atomic E-state index is -1.44. The maximum Gasteiger partial charge on any atom is 0.347 e. The van der Waals surface area contributed by atoms with Crippen LogP contribution in [0.1, 0.15) is 41.0 Å². The maximum absolute atomic E-state index is 12.1. The topological polar surface area (TPSA) is 175 Å². The number of hydrogen-bond donors (Lipinski definition) is 3. The van der Waals surface area contributed by atoms with Gasteiger partial charge in [0.25, 0.3) is 0 Å². The zero-order chi connectivity index (χ0) is 23.4. The van der Waals surface area contributed by atoms with Crippen LogP contribution in [-0.2, 0) is 42.9 Å². The zero-order valence-electron chi connectivity index (χ0n) is 17.6. The van der Waals surface area contributed by atoms with Crippen molar-refractivity contribution in [2.75, 3.05) is 13.2 Å². The Balaban J connectivity index is 4.87. The molecular weight excluding hydrogens is 408 g/mol. The fourth-order valence-corrected chi connectivity index (χ4v) is 1.65. The van der Waals surface area contributed by atoms with E-state index in [-0.39, 0.29) is 13.0 Å². The summed E-state index contributed by atoms with van der Waals surface area (Å²) in [4.78, 5) is 46.7. The quantitative estimate of drug-likeness (QED) is 0.178. The fraction of sp³-hybridized carbons (Fsp3) is 0.778. The van der Waals surface area contributed by atoms with Crippen molar-refractivity contribution < 1.29 is 58.2 Å². The molecule has 12 nitrogen and oxygen atoms in total. The smallest absolute Gasteiger partial charge is 0.347 e. The molecule has 0 saturated heterocycles. The molecule has 0 aromatic carbocycles. The van der Waals surface area contributed by atoms with Crippen LogP contribution in [0.5, 0.6) is 0 Å². The van der Waals surface area contributed by atoms with E-state index < -0.39 is 67.3 Å². The number of esters is 4. The largest absolute Gasteiger partial charge is 0.459 e. The number of carbonyl (C=O) groups excluding carboxylic acids is 4. The van der Waals surface area contributed by atoms with E-state index in [2.05, 4.69) is 4.74 Å². The molecule has 0 spiro atoms. The van der Waals surface area contributed by atoms with E-state index in [4.69, 9.17) is 29.2 Å². The van der Waals surface area contributed by atoms with Crippen LogP contribution in [0.4, 0.5) is 0 Å². The Morgan fingerprint density at radius 1 is 0.700 bits per heavy atom. The van der Waals surface area contributed by atoms with Crippen LogP contribution in [0.25, 0.3) is 0 Å². The van der Waals surface area contributed by atoms with Crippen molar-refractivity contribution in [2.24, 2.45) is 0 Å². The fourth-order valence-electron chi connectivity index (χ4n) is 1.65. The first-order valence-corrected chi connectivity index (χ1v) is 9.32. The highest BCUT2D eigenvalue weighted by Gasteiger charge is 2.28. The number of aliphatic hydroxyl groups is 3. The molecule has 2 unspecified atom stereocenters. The van der Waals surface area contributed by atoms with Gasteiger partial charge in [0.05, 0.1) is 6.61 Å². The summed E-state index contributed by atoms with van der Waals surface area (Å²) in [5.41, 5.74) is 0. The zero-order valence-corrected chi connectivity index (χ0v) is 17.6. The molecule has 0 aromatic rings. The van der Waals surface area contributed by atoms with Gasteiger partial charge in [0.1, 0.15) is 18.8 Å². The highest BCUT2D eigenvalue weighted by Crippen LogP contribution is 2.07. The summed E-state index contributed by atoms with van der Waals surface area (Å²) in [6.07, 6.45) is -7.67. The van der Waals surface area contributed by atoms with Gasteiger partial charge in [0.15, 0.2) is 24.6 Å². The molecule has 0 heterocycles. The van der Waals surface area contributed by atoms with Crippen molar-refractivity contribution >= 4 is 23.9 Å². The van der Waals surface area contributed by atoms with Crippen LogP contribution in [-0.4, -0.2) is 89.2 Å². The second kappa shape index (κ2) is 13.9. The van der Waals surface area contributed by atoms with Crippen molar-refractivity contribution in [2.45, 2.75) is 77.8 Å². The summed E-state index contributed by atoms with van der Waals surface area (Å²) in [6, 6.07) is 0. The van der Waals surface area contributed by atoms with E-state index in [0.29, 0.717) is 0 Å². The first kappa shape index (κ1) is 27.7. The van der Waals surface area contributed by atoms with Crippen LogP contribution < -0.4 is 0 Å². The van der Waals surface area contributed by atoms with E-state index in [9.17, 15) is 24.3 Å². The summed E-state index contributed by atoms with van der Waals surface area (Å²) < 4.78 is 24.5. The van der Waals surface area contributed by atoms with Gasteiger partial charge in [-0.05, 0) is 34.1 Å². The van der Waals surface area contributed by atoms with Gasteiger partial charge in [-0.3, -0.25) is 0 Å². The van der Waals surface area contributed by atoms with Crippen LogP contribution in [0, 0.1) is 0 Å². The average Bonchev–Trinajstić information content (AvgIpc) is 2.68. The predicted molar refractivity (Wildman–Crippen MR) is 97.6 cm³/mol. The van der Waals surface area contributed by atoms with Crippen molar-refractivity contribution in [3.63, 3.8) is 0 Å². The third-order valence-corrected chi connectivity index (χ3v) is 3.45. The van der Waals surface area contributed by atoms with E-state index in [1.54, 1.807) is 6.92 Å². The minimum Gasteiger partial charge on any atom is -0.459 e. The van der Waals surface area contributed by atoms with E-state index >= 15 is 0 Å². The van der Waals surface area contributed by atoms with E-state index in [1.165, 1.54) is 13.8 Å². The molecule has 0 aliphatic carbocycles. The number of hydrogen-bond acceptors (Lipinski definition) is 12. The summed E-state index contributed by atoms with van der Waals surface area (Å²) in [6.45, 7) is 5.53. The molecule has 0 radical (unpaired) electrons. The number of carbonyl (C=O) groups is 4. The number of rotatable bonds is 13. The molecule has 0 aromatic heterocycles. The minimum absolute atomic E-state index is 0.245. The SMILES string of the molecule is CCC(O)OCC(COC(=O)[C@H](C)OC(=O)[C@@H](C)O)OC(=O)[C@H](C)OC(=O)[C@@H](C)O. The van der Waals surface area contributed by atoms with Crippen molar-refractivity contribution in [3.05, 3.63) is 0 Å². The predicted octanol–water partition coefficient (Wildman–Crippen LogP) is -1.19. The molecule has 6 atom stereocenters. The Hall–Kier alpha value is -2.28. The Bertz CT molecular complexity index is 574. The Kier molecular flexibility index (Phi) is 12.8. The lowest BCUT2D eigenvalue weighted by atomic mass is 10.3. The molecule has 0 saturated carbocycles. The monoisotopic (exact) mass is 438 g/mol. The van der Waals surface area contributed by atoms with Crippen LogP contribution in [0.2, 0.25) is 0 Å². The molecule has 0 rings (SSSR count). The number of aliphatic hydroxyl groups excluding tert-OH is 3. The Morgan fingerprint density at radius 2 is 1.17 bits per heavy atom. The molecule has 0 bridgehead atoms. The maximum atomic E-state index is 12.1. The second-order valence-corrected chi connectivity index (χ2v) is 6.40. The molecule has 0 aliphatic rings. The van der Waals surface area contributed by atoms with Crippen LogP contribution >= 0.6 is 0 Å². The highest BCUT2D eigenvalue weighted by atomic mass is 16.6. The van der Waals surface area contributed by atoms with Gasteiger partial charge in [-0.25, -0.2) is 19.2 Å². The van der Waals surface area contributed by atoms with Crippen molar-refractivity contribution in [1.29, 1.82) is 0 Å². The summed E-state index contributed by atoms with van der Waals surface area (Å²) in [5, 5.41) is 27.7. The van der Waals surface area contributed by atoms with Gasteiger partial charge in [-0.2, -0.15) is 0 Å². The molecule has 0 aliphatic heterocycles. The van der Waals surface area contributed by atoms with Gasteiger partial charge in [0, 0.05) is 0 Å². The van der Waals surface area contributed by atoms with Gasteiger partial charge in [0.2, 0.25) is 0 Å². The molecule has 0 fully saturated rings. The third-order valence-electron chi connectivity index (χ3n) is 3.45. The number of ether oxygens (including phenoxy) is 5. The summed E-state index contributed by atoms with van der Waals surface area (Å²) in [7, 11) is 0. The van der Waals surface area contributed by atoms with E-state index in [1.807, 2.05) is 0 Å². The lowest BCUT2D eigenvalue weighted by Gasteiger charge is -2.22. The van der Waals surface area contributed by atoms with Crippen molar-refractivity contribution in [3.8, 4) is 0 Å². The van der Waals surface area contributed by atoms with Crippen LogP contribution in [0.15, 0.2) is 0 Å². The lowest BCUT2D eigenvalue weighted by molar-refractivity contribution is -0.187. The molecule has 30 heavy (non-hydrogen) atoms. The molecule has 3 N–H and O–H groups in total. The molecule has 12 heteroatoms. The van der Waals surface area contributed by atoms with Gasteiger partial charge >= 0.3 is 23.9 Å². The molecular formula is C18H30O12.